The van der Waals surface area contributed by atoms with Crippen LogP contribution in [0.15, 0.2) is 20.0 Å². The van der Waals surface area contributed by atoms with E-state index in [9.17, 15) is 8.42 Å². The van der Waals surface area contributed by atoms with Gasteiger partial charge in [-0.15, -0.1) is 0 Å². The van der Waals surface area contributed by atoms with Crippen molar-refractivity contribution in [1.29, 1.82) is 0 Å². The molecule has 1 saturated carbocycles. The van der Waals surface area contributed by atoms with Crippen molar-refractivity contribution in [2.75, 3.05) is 7.05 Å². The van der Waals surface area contributed by atoms with Gasteiger partial charge in [0.15, 0.2) is 4.67 Å². The van der Waals surface area contributed by atoms with E-state index in [0.717, 1.165) is 25.7 Å². The predicted molar refractivity (Wildman–Crippen MR) is 71.5 cm³/mol. The first-order chi connectivity index (χ1) is 8.46. The Morgan fingerprint density at radius 3 is 2.61 bits per heavy atom. The lowest BCUT2D eigenvalue weighted by molar-refractivity contribution is 0.372. The summed E-state index contributed by atoms with van der Waals surface area (Å²) in [5.41, 5.74) is 5.45. The van der Waals surface area contributed by atoms with Crippen molar-refractivity contribution in [3.8, 4) is 0 Å². The highest BCUT2D eigenvalue weighted by atomic mass is 79.9. The largest absolute Gasteiger partial charge is 0.452 e. The van der Waals surface area contributed by atoms with Gasteiger partial charge in [-0.25, -0.2) is 8.42 Å². The third-order valence-electron chi connectivity index (χ3n) is 3.40. The molecule has 2 rings (SSSR count). The Morgan fingerprint density at radius 2 is 2.11 bits per heavy atom. The van der Waals surface area contributed by atoms with E-state index in [0.29, 0.717) is 5.76 Å². The molecular formula is C11H17BrN2O3S. The minimum atomic E-state index is -3.51. The van der Waals surface area contributed by atoms with Gasteiger partial charge in [0.05, 0.1) is 6.54 Å². The molecule has 5 nitrogen and oxygen atoms in total. The Bertz CT molecular complexity index is 520. The normalized spacial score (nSPS) is 17.8. The lowest BCUT2D eigenvalue weighted by atomic mass is 10.3. The van der Waals surface area contributed by atoms with Gasteiger partial charge < -0.3 is 10.2 Å². The number of halogens is 1. The molecule has 0 radical (unpaired) electrons. The Kier molecular flexibility index (Phi) is 4.15. The van der Waals surface area contributed by atoms with E-state index in [2.05, 4.69) is 15.9 Å². The first-order valence-corrected chi connectivity index (χ1v) is 8.16. The number of rotatable bonds is 4. The second kappa shape index (κ2) is 5.32. The van der Waals surface area contributed by atoms with Gasteiger partial charge in [0.1, 0.15) is 10.7 Å². The molecule has 0 aromatic carbocycles. The molecule has 1 heterocycles. The van der Waals surface area contributed by atoms with Crippen molar-refractivity contribution >= 4 is 26.0 Å². The summed E-state index contributed by atoms with van der Waals surface area (Å²) in [4.78, 5) is 0.164. The van der Waals surface area contributed by atoms with Crippen LogP contribution in [0.2, 0.25) is 0 Å². The van der Waals surface area contributed by atoms with Crippen LogP contribution >= 0.6 is 15.9 Å². The average Bonchev–Trinajstić information content (AvgIpc) is 2.96. The number of nitrogens with zero attached hydrogens (tertiary/aromatic N) is 1. The van der Waals surface area contributed by atoms with Gasteiger partial charge in [-0.2, -0.15) is 4.31 Å². The maximum Gasteiger partial charge on any atom is 0.247 e. The molecule has 1 aliphatic rings. The van der Waals surface area contributed by atoms with E-state index in [-0.39, 0.29) is 22.2 Å². The van der Waals surface area contributed by atoms with E-state index >= 15 is 0 Å². The molecule has 102 valence electrons. The third-order valence-corrected chi connectivity index (χ3v) is 6.17. The molecule has 18 heavy (non-hydrogen) atoms. The molecule has 0 spiro atoms. The Hall–Kier alpha value is -0.370. The van der Waals surface area contributed by atoms with Crippen molar-refractivity contribution in [1.82, 2.24) is 4.31 Å². The molecule has 0 saturated heterocycles. The summed E-state index contributed by atoms with van der Waals surface area (Å²) >= 11 is 3.14. The molecule has 2 N–H and O–H groups in total. The highest BCUT2D eigenvalue weighted by Crippen LogP contribution is 2.32. The zero-order chi connectivity index (χ0) is 13.3. The second-order valence-electron chi connectivity index (χ2n) is 4.51. The summed E-state index contributed by atoms with van der Waals surface area (Å²) < 4.78 is 31.9. The number of sulfonamides is 1. The molecule has 0 bridgehead atoms. The molecule has 0 aliphatic heterocycles. The third kappa shape index (κ3) is 2.49. The summed E-state index contributed by atoms with van der Waals surface area (Å²) in [5, 5.41) is 0. The monoisotopic (exact) mass is 336 g/mol. The molecule has 1 aromatic heterocycles. The second-order valence-corrected chi connectivity index (χ2v) is 7.20. The number of furan rings is 1. The minimum absolute atomic E-state index is 0.0955. The van der Waals surface area contributed by atoms with Crippen LogP contribution in [-0.4, -0.2) is 25.8 Å². The van der Waals surface area contributed by atoms with Gasteiger partial charge in [0.25, 0.3) is 0 Å². The van der Waals surface area contributed by atoms with Gasteiger partial charge in [-0.3, -0.25) is 0 Å². The van der Waals surface area contributed by atoms with Crippen LogP contribution < -0.4 is 5.73 Å². The molecule has 1 fully saturated rings. The molecule has 1 aromatic rings. The Morgan fingerprint density at radius 1 is 1.50 bits per heavy atom. The van der Waals surface area contributed by atoms with Crippen molar-refractivity contribution < 1.29 is 12.8 Å². The Labute approximate surface area is 116 Å². The predicted octanol–water partition coefficient (Wildman–Crippen LogP) is 2.06. The van der Waals surface area contributed by atoms with Gasteiger partial charge in [0, 0.05) is 19.2 Å². The van der Waals surface area contributed by atoms with E-state index in [1.54, 1.807) is 7.05 Å². The maximum absolute atomic E-state index is 12.5. The van der Waals surface area contributed by atoms with Gasteiger partial charge in [-0.05, 0) is 28.8 Å². The zero-order valence-corrected chi connectivity index (χ0v) is 12.6. The lowest BCUT2D eigenvalue weighted by Gasteiger charge is -2.22. The average molecular weight is 337 g/mol. The maximum atomic E-state index is 12.5. The lowest BCUT2D eigenvalue weighted by Crippen LogP contribution is -2.35. The highest BCUT2D eigenvalue weighted by molar-refractivity contribution is 9.10. The van der Waals surface area contributed by atoms with Crippen LogP contribution in [0.1, 0.15) is 31.4 Å². The standard InChI is InChI=1S/C11H17BrN2O3S/c1-14(8-4-2-3-5-8)18(15,16)10-6-9(7-13)17-11(10)12/h6,8H,2-5,7,13H2,1H3. The van der Waals surface area contributed by atoms with Crippen molar-refractivity contribution in [2.45, 2.75) is 43.2 Å². The quantitative estimate of drug-likeness (QED) is 0.912. The molecule has 0 amide bonds. The molecule has 1 aliphatic carbocycles. The Balaban J connectivity index is 2.31. The summed E-state index contributed by atoms with van der Waals surface area (Å²) in [7, 11) is -1.87. The molecule has 0 atom stereocenters. The minimum Gasteiger partial charge on any atom is -0.452 e. The van der Waals surface area contributed by atoms with Crippen LogP contribution in [0.5, 0.6) is 0 Å². The first kappa shape index (κ1) is 14.0. The van der Waals surface area contributed by atoms with Crippen LogP contribution in [0.4, 0.5) is 0 Å². The molecule has 7 heteroatoms. The number of hydrogen-bond acceptors (Lipinski definition) is 4. The highest BCUT2D eigenvalue weighted by Gasteiger charge is 2.33. The molecule has 0 unspecified atom stereocenters. The van der Waals surface area contributed by atoms with Gasteiger partial charge >= 0.3 is 0 Å². The van der Waals surface area contributed by atoms with Crippen molar-refractivity contribution in [2.24, 2.45) is 5.73 Å². The number of hydrogen-bond donors (Lipinski definition) is 1. The van der Waals surface area contributed by atoms with E-state index in [4.69, 9.17) is 10.2 Å². The van der Waals surface area contributed by atoms with E-state index in [1.807, 2.05) is 0 Å². The van der Waals surface area contributed by atoms with Crippen LogP contribution in [0, 0.1) is 0 Å². The summed E-state index contributed by atoms with van der Waals surface area (Å²) in [6, 6.07) is 1.59. The summed E-state index contributed by atoms with van der Waals surface area (Å²) in [6.07, 6.45) is 4.03. The fourth-order valence-corrected chi connectivity index (χ4v) is 4.67. The van der Waals surface area contributed by atoms with Gasteiger partial charge in [0.2, 0.25) is 10.0 Å². The van der Waals surface area contributed by atoms with Crippen molar-refractivity contribution in [3.63, 3.8) is 0 Å². The molecular weight excluding hydrogens is 320 g/mol. The first-order valence-electron chi connectivity index (χ1n) is 5.93. The SMILES string of the molecule is CN(C1CCCC1)S(=O)(=O)c1cc(CN)oc1Br. The topological polar surface area (TPSA) is 76.5 Å². The fraction of sp³-hybridized carbons (Fsp3) is 0.636. The van der Waals surface area contributed by atoms with Gasteiger partial charge in [-0.1, -0.05) is 12.8 Å². The van der Waals surface area contributed by atoms with E-state index < -0.39 is 10.0 Å². The zero-order valence-electron chi connectivity index (χ0n) is 10.2. The summed E-state index contributed by atoms with van der Waals surface area (Å²) in [5.74, 6) is 0.459. The van der Waals surface area contributed by atoms with E-state index in [1.165, 1.54) is 10.4 Å². The number of nitrogens with two attached hydrogens (primary N) is 1. The van der Waals surface area contributed by atoms with Crippen LogP contribution in [-0.2, 0) is 16.6 Å². The van der Waals surface area contributed by atoms with Crippen LogP contribution in [0.25, 0.3) is 0 Å². The fourth-order valence-electron chi connectivity index (χ4n) is 2.29. The smallest absolute Gasteiger partial charge is 0.247 e. The van der Waals surface area contributed by atoms with Crippen LogP contribution in [0.3, 0.4) is 0 Å². The summed E-state index contributed by atoms with van der Waals surface area (Å²) in [6.45, 7) is 0.182. The van der Waals surface area contributed by atoms with Crippen molar-refractivity contribution in [3.05, 3.63) is 16.5 Å².